The highest BCUT2D eigenvalue weighted by Gasteiger charge is 2.09. The highest BCUT2D eigenvalue weighted by atomic mass is 79.9. The zero-order chi connectivity index (χ0) is 13.5. The van der Waals surface area contributed by atoms with Gasteiger partial charge in [0.05, 0.1) is 22.7 Å². The molecule has 0 aliphatic rings. The van der Waals surface area contributed by atoms with Crippen LogP contribution in [-0.4, -0.2) is 19.7 Å². The second kappa shape index (κ2) is 7.76. The number of carbonyl (C=O) groups excluding carboxylic acids is 1. The van der Waals surface area contributed by atoms with Crippen LogP contribution in [0.4, 0.5) is 0 Å². The summed E-state index contributed by atoms with van der Waals surface area (Å²) in [5.74, 6) is 0.493. The first-order valence-electron chi connectivity index (χ1n) is 5.46. The molecule has 6 heteroatoms. The molecular weight excluding hydrogens is 366 g/mol. The summed E-state index contributed by atoms with van der Waals surface area (Å²) in [5.41, 5.74) is 6.58. The van der Waals surface area contributed by atoms with E-state index < -0.39 is 0 Å². The number of methoxy groups -OCH3 is 1. The molecule has 0 atom stereocenters. The van der Waals surface area contributed by atoms with Gasteiger partial charge in [-0.15, -0.1) is 0 Å². The largest absolute Gasteiger partial charge is 0.491 e. The summed E-state index contributed by atoms with van der Waals surface area (Å²) < 4.78 is 11.9. The van der Waals surface area contributed by atoms with Crippen LogP contribution in [0.2, 0.25) is 0 Å². The van der Waals surface area contributed by atoms with Gasteiger partial charge in [0, 0.05) is 13.0 Å². The minimum Gasteiger partial charge on any atom is -0.491 e. The molecule has 0 amide bonds. The van der Waals surface area contributed by atoms with Crippen LogP contribution in [0.15, 0.2) is 21.1 Å². The molecule has 1 rings (SSSR count). The van der Waals surface area contributed by atoms with Crippen LogP contribution >= 0.6 is 31.9 Å². The number of rotatable bonds is 6. The molecule has 0 unspecified atom stereocenters. The van der Waals surface area contributed by atoms with E-state index in [9.17, 15) is 4.79 Å². The SMILES string of the molecule is COC(=O)CCCOc1c(Br)cc(CN)cc1Br. The Kier molecular flexibility index (Phi) is 6.67. The summed E-state index contributed by atoms with van der Waals surface area (Å²) in [6.07, 6.45) is 0.969. The van der Waals surface area contributed by atoms with E-state index >= 15 is 0 Å². The Hall–Kier alpha value is -0.590. The lowest BCUT2D eigenvalue weighted by atomic mass is 10.2. The van der Waals surface area contributed by atoms with Crippen molar-refractivity contribution in [3.63, 3.8) is 0 Å². The number of ether oxygens (including phenoxy) is 2. The van der Waals surface area contributed by atoms with Gasteiger partial charge in [-0.3, -0.25) is 4.79 Å². The lowest BCUT2D eigenvalue weighted by Gasteiger charge is -2.11. The quantitative estimate of drug-likeness (QED) is 0.608. The highest BCUT2D eigenvalue weighted by Crippen LogP contribution is 2.34. The Morgan fingerprint density at radius 3 is 2.44 bits per heavy atom. The third kappa shape index (κ3) is 4.59. The lowest BCUT2D eigenvalue weighted by Crippen LogP contribution is -2.05. The Bertz CT molecular complexity index is 401. The van der Waals surface area contributed by atoms with Crippen LogP contribution in [0, 0.1) is 0 Å². The summed E-state index contributed by atoms with van der Waals surface area (Å²) in [6, 6.07) is 3.83. The van der Waals surface area contributed by atoms with Crippen molar-refractivity contribution < 1.29 is 14.3 Å². The maximum atomic E-state index is 10.9. The van der Waals surface area contributed by atoms with Gasteiger partial charge in [0.2, 0.25) is 0 Å². The molecule has 0 heterocycles. The Morgan fingerprint density at radius 1 is 1.33 bits per heavy atom. The number of nitrogens with two attached hydrogens (primary N) is 1. The first-order chi connectivity index (χ1) is 8.58. The van der Waals surface area contributed by atoms with E-state index in [1.165, 1.54) is 7.11 Å². The zero-order valence-electron chi connectivity index (χ0n) is 10.0. The molecule has 1 aromatic rings. The van der Waals surface area contributed by atoms with Gasteiger partial charge in [0.15, 0.2) is 0 Å². The average Bonchev–Trinajstić information content (AvgIpc) is 2.36. The van der Waals surface area contributed by atoms with Crippen molar-refractivity contribution in [1.82, 2.24) is 0 Å². The van der Waals surface area contributed by atoms with Gasteiger partial charge in [-0.25, -0.2) is 0 Å². The fourth-order valence-corrected chi connectivity index (χ4v) is 2.87. The van der Waals surface area contributed by atoms with Crippen molar-refractivity contribution in [1.29, 1.82) is 0 Å². The van der Waals surface area contributed by atoms with Crippen LogP contribution < -0.4 is 10.5 Å². The Labute approximate surface area is 123 Å². The van der Waals surface area contributed by atoms with E-state index in [-0.39, 0.29) is 5.97 Å². The summed E-state index contributed by atoms with van der Waals surface area (Å²) in [6.45, 7) is 0.925. The molecule has 18 heavy (non-hydrogen) atoms. The lowest BCUT2D eigenvalue weighted by molar-refractivity contribution is -0.140. The maximum Gasteiger partial charge on any atom is 0.305 e. The van der Waals surface area contributed by atoms with Crippen LogP contribution in [0.25, 0.3) is 0 Å². The number of hydrogen-bond acceptors (Lipinski definition) is 4. The molecule has 0 aromatic heterocycles. The summed E-state index contributed by atoms with van der Waals surface area (Å²) in [5, 5.41) is 0. The molecule has 0 aliphatic heterocycles. The van der Waals surface area contributed by atoms with Gasteiger partial charge in [0.1, 0.15) is 5.75 Å². The van der Waals surface area contributed by atoms with E-state index in [0.717, 1.165) is 20.3 Å². The van der Waals surface area contributed by atoms with Gasteiger partial charge < -0.3 is 15.2 Å². The molecule has 0 spiro atoms. The summed E-state index contributed by atoms with van der Waals surface area (Å²) in [4.78, 5) is 10.9. The van der Waals surface area contributed by atoms with Crippen molar-refractivity contribution in [2.24, 2.45) is 5.73 Å². The first kappa shape index (κ1) is 15.5. The van der Waals surface area contributed by atoms with Crippen LogP contribution in [0.1, 0.15) is 18.4 Å². The Morgan fingerprint density at radius 2 is 1.94 bits per heavy atom. The molecule has 0 saturated carbocycles. The third-order valence-electron chi connectivity index (χ3n) is 2.29. The van der Waals surface area contributed by atoms with E-state index in [4.69, 9.17) is 10.5 Å². The summed E-state index contributed by atoms with van der Waals surface area (Å²) in [7, 11) is 1.38. The van der Waals surface area contributed by atoms with Crippen LogP contribution in [0.5, 0.6) is 5.75 Å². The number of hydrogen-bond donors (Lipinski definition) is 1. The normalized spacial score (nSPS) is 10.2. The van der Waals surface area contributed by atoms with E-state index in [0.29, 0.717) is 26.0 Å². The maximum absolute atomic E-state index is 10.9. The van der Waals surface area contributed by atoms with E-state index in [2.05, 4.69) is 36.6 Å². The summed E-state index contributed by atoms with van der Waals surface area (Å²) >= 11 is 6.86. The van der Waals surface area contributed by atoms with Gasteiger partial charge in [0.25, 0.3) is 0 Å². The molecule has 0 fully saturated rings. The number of halogens is 2. The zero-order valence-corrected chi connectivity index (χ0v) is 13.2. The fraction of sp³-hybridized carbons (Fsp3) is 0.417. The van der Waals surface area contributed by atoms with Crippen molar-refractivity contribution >= 4 is 37.8 Å². The average molecular weight is 381 g/mol. The van der Waals surface area contributed by atoms with Crippen molar-refractivity contribution in [3.8, 4) is 5.75 Å². The number of benzene rings is 1. The smallest absolute Gasteiger partial charge is 0.305 e. The molecule has 0 saturated heterocycles. The minimum absolute atomic E-state index is 0.227. The molecule has 2 N–H and O–H groups in total. The fourth-order valence-electron chi connectivity index (χ4n) is 1.36. The number of carbonyl (C=O) groups is 1. The van der Waals surface area contributed by atoms with Crippen molar-refractivity contribution in [3.05, 3.63) is 26.6 Å². The molecule has 0 bridgehead atoms. The minimum atomic E-state index is -0.227. The molecule has 100 valence electrons. The van der Waals surface area contributed by atoms with Crippen LogP contribution in [0.3, 0.4) is 0 Å². The molecule has 1 aromatic carbocycles. The van der Waals surface area contributed by atoms with E-state index in [1.807, 2.05) is 12.1 Å². The molecule has 4 nitrogen and oxygen atoms in total. The molecule has 0 radical (unpaired) electrons. The highest BCUT2D eigenvalue weighted by molar-refractivity contribution is 9.11. The predicted molar refractivity (Wildman–Crippen MR) is 76.5 cm³/mol. The van der Waals surface area contributed by atoms with Gasteiger partial charge >= 0.3 is 5.97 Å². The van der Waals surface area contributed by atoms with Gasteiger partial charge in [-0.05, 0) is 56.0 Å². The topological polar surface area (TPSA) is 61.5 Å². The van der Waals surface area contributed by atoms with Crippen LogP contribution in [-0.2, 0) is 16.1 Å². The number of esters is 1. The first-order valence-corrected chi connectivity index (χ1v) is 7.04. The monoisotopic (exact) mass is 379 g/mol. The second-order valence-electron chi connectivity index (χ2n) is 3.62. The third-order valence-corrected chi connectivity index (χ3v) is 3.47. The van der Waals surface area contributed by atoms with Gasteiger partial charge in [-0.2, -0.15) is 0 Å². The van der Waals surface area contributed by atoms with Gasteiger partial charge in [-0.1, -0.05) is 0 Å². The van der Waals surface area contributed by atoms with Crippen molar-refractivity contribution in [2.45, 2.75) is 19.4 Å². The second-order valence-corrected chi connectivity index (χ2v) is 5.33. The predicted octanol–water partition coefficient (Wildman–Crippen LogP) is 3.00. The van der Waals surface area contributed by atoms with Crippen molar-refractivity contribution in [2.75, 3.05) is 13.7 Å². The molecule has 0 aliphatic carbocycles. The Balaban J connectivity index is 2.54. The standard InChI is InChI=1S/C12H15Br2NO3/c1-17-11(16)3-2-4-18-12-9(13)5-8(7-15)6-10(12)14/h5-6H,2-4,7,15H2,1H3. The molecular formula is C12H15Br2NO3. The van der Waals surface area contributed by atoms with E-state index in [1.54, 1.807) is 0 Å².